The fourth-order valence-corrected chi connectivity index (χ4v) is 0.167. The van der Waals surface area contributed by atoms with Crippen molar-refractivity contribution in [2.45, 2.75) is 0 Å². The highest BCUT2D eigenvalue weighted by atomic mass is 16.4. The van der Waals surface area contributed by atoms with Crippen LogP contribution in [0.25, 0.3) is 0 Å². The Bertz CT molecular complexity index is 82.2. The molecule has 0 radical (unpaired) electrons. The van der Waals surface area contributed by atoms with Gasteiger partial charge in [0, 0.05) is 0 Å². The lowest BCUT2D eigenvalue weighted by Crippen LogP contribution is -1.75. The van der Waals surface area contributed by atoms with E-state index in [0.29, 0.717) is 0 Å². The van der Waals surface area contributed by atoms with E-state index in [-0.39, 0.29) is 0 Å². The second-order valence-corrected chi connectivity index (χ2v) is 0.797. The summed E-state index contributed by atoms with van der Waals surface area (Å²) in [5.74, 6) is 0. The average molecular weight is 115 g/mol. The van der Waals surface area contributed by atoms with Gasteiger partial charge in [0.05, 0.1) is 0 Å². The van der Waals surface area contributed by atoms with Crippen molar-refractivity contribution in [2.75, 3.05) is 0 Å². The van der Waals surface area contributed by atoms with Gasteiger partial charge in [0.15, 0.2) is 0 Å². The van der Waals surface area contributed by atoms with Gasteiger partial charge in [-0.2, -0.15) is 0 Å². The fraction of sp³-hybridized carbons (Fsp3) is 0. The van der Waals surface area contributed by atoms with Crippen LogP contribution in [0.3, 0.4) is 0 Å². The van der Waals surface area contributed by atoms with E-state index < -0.39 is 7.69 Å². The molecule has 0 aliphatic rings. The number of nitrogens with one attached hydrogen (secondary N) is 1. The zero-order chi connectivity index (χ0) is 6.24. The van der Waals surface area contributed by atoms with Crippen LogP contribution in [-0.2, 0) is 0 Å². The Kier molecular flexibility index (Phi) is 5.45. The molecule has 44 valence electrons. The molecule has 1 heterocycles. The van der Waals surface area contributed by atoms with Gasteiger partial charge >= 0.3 is 7.69 Å². The molecule has 1 aromatic rings. The molecule has 0 aromatic carbocycles. The lowest BCUT2D eigenvalue weighted by molar-refractivity contribution is 0.448. The second kappa shape index (κ2) is 6.12. The van der Waals surface area contributed by atoms with Crippen LogP contribution in [-0.4, -0.2) is 32.9 Å². The van der Waals surface area contributed by atoms with Crippen LogP contribution in [0, 0.1) is 0 Å². The van der Waals surface area contributed by atoms with Gasteiger partial charge in [-0.15, -0.1) is 10.2 Å². The quantitative estimate of drug-likeness (QED) is 0.343. The van der Waals surface area contributed by atoms with Crippen molar-refractivity contribution in [1.82, 2.24) is 15.2 Å². The highest BCUT2D eigenvalue weighted by Crippen LogP contribution is 1.53. The van der Waals surface area contributed by atoms with Gasteiger partial charge < -0.3 is 15.0 Å². The van der Waals surface area contributed by atoms with Crippen LogP contribution >= 0.6 is 0 Å². The summed E-state index contributed by atoms with van der Waals surface area (Å²) in [6, 6.07) is 0. The SMILES string of the molecule is OBO.c1nnc[nH]1. The first-order valence-electron chi connectivity index (χ1n) is 1.93. The second-order valence-electron chi connectivity index (χ2n) is 0.797. The number of hydrogen-bond donors (Lipinski definition) is 3. The molecule has 0 saturated carbocycles. The van der Waals surface area contributed by atoms with Gasteiger partial charge in [-0.25, -0.2) is 0 Å². The minimum absolute atomic E-state index is 0.750. The van der Waals surface area contributed by atoms with Crippen molar-refractivity contribution in [3.05, 3.63) is 12.7 Å². The molecule has 8 heavy (non-hydrogen) atoms. The lowest BCUT2D eigenvalue weighted by atomic mass is 10.5. The molecule has 6 heteroatoms. The third-order valence-corrected chi connectivity index (χ3v) is 0.331. The molecule has 0 bridgehead atoms. The Morgan fingerprint density at radius 1 is 1.25 bits per heavy atom. The first-order chi connectivity index (χ1) is 3.91. The highest BCUT2D eigenvalue weighted by Gasteiger charge is 1.57. The number of rotatable bonds is 0. The van der Waals surface area contributed by atoms with Gasteiger partial charge in [0.25, 0.3) is 0 Å². The Morgan fingerprint density at radius 3 is 1.75 bits per heavy atom. The molecule has 0 aliphatic heterocycles. The molecule has 1 rings (SSSR count). The molecular formula is C2H6BN3O2. The van der Waals surface area contributed by atoms with Crippen molar-refractivity contribution in [3.63, 3.8) is 0 Å². The minimum atomic E-state index is -0.750. The largest absolute Gasteiger partial charge is 0.432 e. The van der Waals surface area contributed by atoms with E-state index in [0.717, 1.165) is 0 Å². The summed E-state index contributed by atoms with van der Waals surface area (Å²) in [6.07, 6.45) is 3.03. The number of hydrogen-bond acceptors (Lipinski definition) is 4. The van der Waals surface area contributed by atoms with Gasteiger partial charge in [0.2, 0.25) is 0 Å². The predicted octanol–water partition coefficient (Wildman–Crippen LogP) is -1.96. The minimum Gasteiger partial charge on any atom is -0.430 e. The molecule has 0 atom stereocenters. The third kappa shape index (κ3) is 5.12. The summed E-state index contributed by atoms with van der Waals surface area (Å²) in [4.78, 5) is 2.64. The van der Waals surface area contributed by atoms with Crippen LogP contribution in [0.5, 0.6) is 0 Å². The van der Waals surface area contributed by atoms with Crippen molar-refractivity contribution >= 4 is 7.69 Å². The summed E-state index contributed by atoms with van der Waals surface area (Å²) in [7, 11) is -0.750. The van der Waals surface area contributed by atoms with Gasteiger partial charge in [-0.05, 0) is 0 Å². The van der Waals surface area contributed by atoms with Crippen LogP contribution in [0.15, 0.2) is 12.7 Å². The zero-order valence-electron chi connectivity index (χ0n) is 4.15. The zero-order valence-corrected chi connectivity index (χ0v) is 4.15. The van der Waals surface area contributed by atoms with Crippen molar-refractivity contribution in [1.29, 1.82) is 0 Å². The molecule has 0 aliphatic carbocycles. The first-order valence-corrected chi connectivity index (χ1v) is 1.93. The monoisotopic (exact) mass is 115 g/mol. The summed E-state index contributed by atoms with van der Waals surface area (Å²) in [5, 5.41) is 21.1. The number of nitrogens with zero attached hydrogens (tertiary/aromatic N) is 2. The Balaban J connectivity index is 0.000000145. The van der Waals surface area contributed by atoms with Gasteiger partial charge in [-0.1, -0.05) is 0 Å². The number of aromatic amines is 1. The molecule has 0 fully saturated rings. The molecule has 0 unspecified atom stereocenters. The maximum Gasteiger partial charge on any atom is 0.432 e. The van der Waals surface area contributed by atoms with Gasteiger partial charge in [0.1, 0.15) is 12.7 Å². The summed E-state index contributed by atoms with van der Waals surface area (Å²) in [5.41, 5.74) is 0. The van der Waals surface area contributed by atoms with Crippen LogP contribution in [0.1, 0.15) is 0 Å². The fourth-order valence-electron chi connectivity index (χ4n) is 0.167. The van der Waals surface area contributed by atoms with E-state index in [1.807, 2.05) is 0 Å². The summed E-state index contributed by atoms with van der Waals surface area (Å²) < 4.78 is 0. The molecular weight excluding hydrogens is 109 g/mol. The van der Waals surface area contributed by atoms with E-state index in [1.165, 1.54) is 12.7 Å². The lowest BCUT2D eigenvalue weighted by Gasteiger charge is -1.48. The van der Waals surface area contributed by atoms with Crippen molar-refractivity contribution in [3.8, 4) is 0 Å². The van der Waals surface area contributed by atoms with E-state index >= 15 is 0 Å². The normalized spacial score (nSPS) is 6.75. The van der Waals surface area contributed by atoms with Crippen LogP contribution < -0.4 is 0 Å². The Labute approximate surface area is 46.7 Å². The van der Waals surface area contributed by atoms with Crippen LogP contribution in [0.4, 0.5) is 0 Å². The standard InChI is InChI=1S/C2H3N3.BH3O2/c1-3-2-5-4-1;2-1-3/h1-2H,(H,3,4,5);1-3H. The van der Waals surface area contributed by atoms with E-state index in [2.05, 4.69) is 15.2 Å². The van der Waals surface area contributed by atoms with Crippen molar-refractivity contribution < 1.29 is 10.0 Å². The third-order valence-electron chi connectivity index (χ3n) is 0.331. The average Bonchev–Trinajstić information content (AvgIpc) is 2.17. The first kappa shape index (κ1) is 7.12. The predicted molar refractivity (Wildman–Crippen MR) is 28.0 cm³/mol. The Morgan fingerprint density at radius 2 is 1.62 bits per heavy atom. The van der Waals surface area contributed by atoms with Crippen LogP contribution in [0.2, 0.25) is 0 Å². The van der Waals surface area contributed by atoms with E-state index in [4.69, 9.17) is 10.0 Å². The topological polar surface area (TPSA) is 82.0 Å². The summed E-state index contributed by atoms with van der Waals surface area (Å²) >= 11 is 0. The molecule has 3 N–H and O–H groups in total. The molecule has 1 aromatic heterocycles. The molecule has 0 spiro atoms. The maximum atomic E-state index is 7.12. The van der Waals surface area contributed by atoms with E-state index in [9.17, 15) is 0 Å². The molecule has 0 saturated heterocycles. The van der Waals surface area contributed by atoms with E-state index in [1.54, 1.807) is 0 Å². The molecule has 0 amide bonds. The molecule has 5 nitrogen and oxygen atoms in total. The van der Waals surface area contributed by atoms with Crippen molar-refractivity contribution in [2.24, 2.45) is 0 Å². The smallest absolute Gasteiger partial charge is 0.430 e. The number of H-pyrrole nitrogens is 1. The maximum absolute atomic E-state index is 7.12. The summed E-state index contributed by atoms with van der Waals surface area (Å²) in [6.45, 7) is 0. The van der Waals surface area contributed by atoms with Gasteiger partial charge in [-0.3, -0.25) is 0 Å². The number of aromatic nitrogens is 3. The highest BCUT2D eigenvalue weighted by molar-refractivity contribution is 6.13. The Hall–Kier alpha value is -0.875.